The molecule has 3 rings (SSSR count). The van der Waals surface area contributed by atoms with Crippen LogP contribution in [0, 0.1) is 5.92 Å². The van der Waals surface area contributed by atoms with Crippen LogP contribution in [0.3, 0.4) is 0 Å². The van der Waals surface area contributed by atoms with E-state index in [4.69, 9.17) is 32.5 Å². The standard InChI is InChI=1S/C19H17Cl2N3O4S/c1-10(2)16(23-17(25)13-4-3-12(20)7-14(13)21)19(26)27-8-15-22-18(28-24-15)11-5-6-29-9-11/h3-7,9-10,16H,8H2,1-2H3,(H,23,25)/t16-/m0/s1. The summed E-state index contributed by atoms with van der Waals surface area (Å²) in [5.74, 6) is -0.747. The predicted molar refractivity (Wildman–Crippen MR) is 110 cm³/mol. The molecule has 0 saturated heterocycles. The summed E-state index contributed by atoms with van der Waals surface area (Å²) < 4.78 is 10.4. The van der Waals surface area contributed by atoms with Crippen molar-refractivity contribution in [3.63, 3.8) is 0 Å². The maximum atomic E-state index is 12.5. The number of halogens is 2. The summed E-state index contributed by atoms with van der Waals surface area (Å²) in [5.41, 5.74) is 1.01. The van der Waals surface area contributed by atoms with E-state index < -0.39 is 17.9 Å². The number of benzene rings is 1. The minimum Gasteiger partial charge on any atom is -0.456 e. The predicted octanol–water partition coefficient (Wildman–Crippen LogP) is 4.60. The number of nitrogens with one attached hydrogen (secondary N) is 1. The Labute approximate surface area is 181 Å². The highest BCUT2D eigenvalue weighted by atomic mass is 35.5. The Bertz CT molecular complexity index is 1000. The van der Waals surface area contributed by atoms with Gasteiger partial charge in [-0.15, -0.1) is 0 Å². The summed E-state index contributed by atoms with van der Waals surface area (Å²) >= 11 is 13.4. The maximum Gasteiger partial charge on any atom is 0.329 e. The number of aromatic nitrogens is 2. The molecule has 0 bridgehead atoms. The van der Waals surface area contributed by atoms with Crippen LogP contribution in [0.4, 0.5) is 0 Å². The quantitative estimate of drug-likeness (QED) is 0.525. The number of hydrogen-bond donors (Lipinski definition) is 1. The third-order valence-electron chi connectivity index (χ3n) is 3.96. The van der Waals surface area contributed by atoms with Crippen molar-refractivity contribution in [2.75, 3.05) is 0 Å². The molecule has 0 spiro atoms. The van der Waals surface area contributed by atoms with Gasteiger partial charge in [-0.2, -0.15) is 16.3 Å². The molecule has 0 saturated carbocycles. The highest BCUT2D eigenvalue weighted by Gasteiger charge is 2.27. The van der Waals surface area contributed by atoms with Gasteiger partial charge in [0.05, 0.1) is 16.1 Å². The van der Waals surface area contributed by atoms with Crippen LogP contribution in [0.1, 0.15) is 30.0 Å². The van der Waals surface area contributed by atoms with Crippen LogP contribution in [0.15, 0.2) is 39.5 Å². The second-order valence-corrected chi connectivity index (χ2v) is 8.08. The van der Waals surface area contributed by atoms with Gasteiger partial charge in [-0.05, 0) is 35.6 Å². The van der Waals surface area contributed by atoms with Gasteiger partial charge in [0, 0.05) is 10.4 Å². The van der Waals surface area contributed by atoms with Gasteiger partial charge in [-0.25, -0.2) is 4.79 Å². The zero-order valence-corrected chi connectivity index (χ0v) is 17.8. The SMILES string of the molecule is CC(C)[C@H](NC(=O)c1ccc(Cl)cc1Cl)C(=O)OCc1noc(-c2ccsc2)n1. The molecule has 0 unspecified atom stereocenters. The first-order valence-corrected chi connectivity index (χ1v) is 10.3. The van der Waals surface area contributed by atoms with Crippen LogP contribution >= 0.6 is 34.5 Å². The van der Waals surface area contributed by atoms with Gasteiger partial charge in [-0.1, -0.05) is 42.2 Å². The molecule has 1 N–H and O–H groups in total. The molecule has 1 amide bonds. The Kier molecular flexibility index (Phi) is 6.89. The van der Waals surface area contributed by atoms with Crippen molar-refractivity contribution in [1.29, 1.82) is 0 Å². The summed E-state index contributed by atoms with van der Waals surface area (Å²) in [6.07, 6.45) is 0. The highest BCUT2D eigenvalue weighted by molar-refractivity contribution is 7.08. The Morgan fingerprint density at radius 3 is 2.72 bits per heavy atom. The zero-order chi connectivity index (χ0) is 21.0. The van der Waals surface area contributed by atoms with Crippen molar-refractivity contribution < 1.29 is 18.8 Å². The number of thiophene rings is 1. The van der Waals surface area contributed by atoms with E-state index in [1.54, 1.807) is 19.9 Å². The van der Waals surface area contributed by atoms with Gasteiger partial charge in [0.15, 0.2) is 6.61 Å². The molecular formula is C19H17Cl2N3O4S. The number of esters is 1. The minimum absolute atomic E-state index is 0.173. The normalized spacial score (nSPS) is 12.0. The van der Waals surface area contributed by atoms with E-state index in [2.05, 4.69) is 15.5 Å². The number of amides is 1. The lowest BCUT2D eigenvalue weighted by Crippen LogP contribution is -2.45. The molecular weight excluding hydrogens is 437 g/mol. The fraction of sp³-hybridized carbons (Fsp3) is 0.263. The van der Waals surface area contributed by atoms with Gasteiger partial charge >= 0.3 is 5.97 Å². The number of ether oxygens (including phenoxy) is 1. The van der Waals surface area contributed by atoms with Crippen LogP contribution in [-0.4, -0.2) is 28.1 Å². The molecule has 10 heteroatoms. The molecule has 0 aliphatic carbocycles. The lowest BCUT2D eigenvalue weighted by atomic mass is 10.0. The van der Waals surface area contributed by atoms with Crippen molar-refractivity contribution in [2.24, 2.45) is 5.92 Å². The molecule has 2 aromatic heterocycles. The topological polar surface area (TPSA) is 94.3 Å². The van der Waals surface area contributed by atoms with Gasteiger partial charge in [-0.3, -0.25) is 4.79 Å². The smallest absolute Gasteiger partial charge is 0.329 e. The average molecular weight is 454 g/mol. The van der Waals surface area contributed by atoms with E-state index in [9.17, 15) is 9.59 Å². The van der Waals surface area contributed by atoms with E-state index in [-0.39, 0.29) is 28.9 Å². The summed E-state index contributed by atoms with van der Waals surface area (Å²) in [4.78, 5) is 29.2. The van der Waals surface area contributed by atoms with E-state index in [1.165, 1.54) is 23.5 Å². The second kappa shape index (κ2) is 9.39. The summed E-state index contributed by atoms with van der Waals surface area (Å²) in [5, 5.41) is 10.8. The Morgan fingerprint density at radius 1 is 1.28 bits per heavy atom. The summed E-state index contributed by atoms with van der Waals surface area (Å²) in [7, 11) is 0. The average Bonchev–Trinajstić information content (AvgIpc) is 3.35. The molecule has 0 radical (unpaired) electrons. The van der Waals surface area contributed by atoms with E-state index in [0.29, 0.717) is 10.9 Å². The largest absolute Gasteiger partial charge is 0.456 e. The fourth-order valence-electron chi connectivity index (χ4n) is 2.43. The molecule has 29 heavy (non-hydrogen) atoms. The number of rotatable bonds is 7. The first-order valence-electron chi connectivity index (χ1n) is 8.63. The number of hydrogen-bond acceptors (Lipinski definition) is 7. The Hall–Kier alpha value is -2.42. The minimum atomic E-state index is -0.877. The van der Waals surface area contributed by atoms with Gasteiger partial charge < -0.3 is 14.6 Å². The van der Waals surface area contributed by atoms with Crippen LogP contribution in [0.5, 0.6) is 0 Å². The molecule has 0 aliphatic heterocycles. The van der Waals surface area contributed by atoms with Gasteiger partial charge in [0.25, 0.3) is 11.8 Å². The fourth-order valence-corrected chi connectivity index (χ4v) is 3.56. The number of carbonyl (C=O) groups excluding carboxylic acids is 2. The van der Waals surface area contributed by atoms with Gasteiger partial charge in [0.1, 0.15) is 6.04 Å². The van der Waals surface area contributed by atoms with E-state index in [1.807, 2.05) is 16.8 Å². The maximum absolute atomic E-state index is 12.5. The van der Waals surface area contributed by atoms with Crippen LogP contribution in [-0.2, 0) is 16.1 Å². The van der Waals surface area contributed by atoms with Crippen molar-refractivity contribution >= 4 is 46.4 Å². The molecule has 1 aromatic carbocycles. The van der Waals surface area contributed by atoms with Gasteiger partial charge in [0.2, 0.25) is 5.82 Å². The first kappa shape index (κ1) is 21.3. The van der Waals surface area contributed by atoms with Crippen LogP contribution in [0.25, 0.3) is 11.5 Å². The number of nitrogens with zero attached hydrogens (tertiary/aromatic N) is 2. The molecule has 152 valence electrons. The van der Waals surface area contributed by atoms with Crippen molar-refractivity contribution in [3.8, 4) is 11.5 Å². The van der Waals surface area contributed by atoms with Crippen LogP contribution in [0.2, 0.25) is 10.0 Å². The zero-order valence-electron chi connectivity index (χ0n) is 15.5. The summed E-state index contributed by atoms with van der Waals surface area (Å²) in [6.45, 7) is 3.41. The third kappa shape index (κ3) is 5.35. The lowest BCUT2D eigenvalue weighted by Gasteiger charge is -2.20. The Morgan fingerprint density at radius 2 is 2.07 bits per heavy atom. The van der Waals surface area contributed by atoms with Crippen molar-refractivity contribution in [2.45, 2.75) is 26.5 Å². The second-order valence-electron chi connectivity index (χ2n) is 6.45. The molecule has 2 heterocycles. The van der Waals surface area contributed by atoms with E-state index in [0.717, 1.165) is 5.56 Å². The van der Waals surface area contributed by atoms with Crippen LogP contribution < -0.4 is 5.32 Å². The summed E-state index contributed by atoms with van der Waals surface area (Å²) in [6, 6.07) is 5.47. The Balaban J connectivity index is 1.63. The number of carbonyl (C=O) groups is 2. The van der Waals surface area contributed by atoms with Crippen molar-refractivity contribution in [3.05, 3.63) is 56.5 Å². The monoisotopic (exact) mass is 453 g/mol. The highest BCUT2D eigenvalue weighted by Crippen LogP contribution is 2.22. The molecule has 1 atom stereocenters. The van der Waals surface area contributed by atoms with E-state index >= 15 is 0 Å². The molecule has 0 aliphatic rings. The first-order chi connectivity index (χ1) is 13.8. The molecule has 0 fully saturated rings. The molecule has 7 nitrogen and oxygen atoms in total. The lowest BCUT2D eigenvalue weighted by molar-refractivity contribution is -0.148. The molecule has 3 aromatic rings. The van der Waals surface area contributed by atoms with Crippen molar-refractivity contribution in [1.82, 2.24) is 15.5 Å². The third-order valence-corrected chi connectivity index (χ3v) is 5.19.